The van der Waals surface area contributed by atoms with Gasteiger partial charge in [0.15, 0.2) is 5.82 Å². The molecule has 6 nitrogen and oxygen atoms in total. The molecule has 0 aliphatic rings. The molecule has 0 radical (unpaired) electrons. The lowest BCUT2D eigenvalue weighted by Crippen LogP contribution is -2.29. The van der Waals surface area contributed by atoms with E-state index in [-0.39, 0.29) is 17.9 Å². The molecule has 3 aromatic rings. The normalized spacial score (nSPS) is 11.0. The SMILES string of the molecule is CC(C)NC(=O)c1cc2c(NC(=O)c3ccc(Cl)cc3)n[nH]c2s1. The van der Waals surface area contributed by atoms with Gasteiger partial charge < -0.3 is 10.6 Å². The van der Waals surface area contributed by atoms with Crippen molar-refractivity contribution in [1.82, 2.24) is 15.5 Å². The van der Waals surface area contributed by atoms with Crippen molar-refractivity contribution in [3.05, 3.63) is 45.8 Å². The second kappa shape index (κ2) is 6.62. The summed E-state index contributed by atoms with van der Waals surface area (Å²) >= 11 is 7.11. The number of hydrogen-bond acceptors (Lipinski definition) is 4. The Balaban J connectivity index is 1.82. The van der Waals surface area contributed by atoms with Crippen LogP contribution in [0.25, 0.3) is 10.2 Å². The van der Waals surface area contributed by atoms with Gasteiger partial charge in [0.05, 0.1) is 10.3 Å². The van der Waals surface area contributed by atoms with E-state index in [0.717, 1.165) is 4.83 Å². The molecule has 24 heavy (non-hydrogen) atoms. The van der Waals surface area contributed by atoms with E-state index < -0.39 is 0 Å². The summed E-state index contributed by atoms with van der Waals surface area (Å²) in [6, 6.07) is 8.34. The Hall–Kier alpha value is -2.38. The highest BCUT2D eigenvalue weighted by molar-refractivity contribution is 7.20. The Morgan fingerprint density at radius 2 is 1.92 bits per heavy atom. The second-order valence-corrected chi connectivity index (χ2v) is 7.00. The van der Waals surface area contributed by atoms with Gasteiger partial charge in [0.2, 0.25) is 0 Å². The van der Waals surface area contributed by atoms with Crippen molar-refractivity contribution in [2.45, 2.75) is 19.9 Å². The molecule has 0 aliphatic carbocycles. The van der Waals surface area contributed by atoms with Gasteiger partial charge in [-0.25, -0.2) is 0 Å². The standard InChI is InChI=1S/C16H15ClN4O2S/c1-8(2)18-15(23)12-7-11-13(20-21-16(11)24-12)19-14(22)9-3-5-10(17)6-4-9/h3-8H,1-2H3,(H,18,23)(H2,19,20,21,22). The predicted molar refractivity (Wildman–Crippen MR) is 96.0 cm³/mol. The minimum atomic E-state index is -0.292. The maximum Gasteiger partial charge on any atom is 0.261 e. The van der Waals surface area contributed by atoms with Crippen molar-refractivity contribution in [3.63, 3.8) is 0 Å². The number of hydrogen-bond donors (Lipinski definition) is 3. The number of aromatic nitrogens is 2. The van der Waals surface area contributed by atoms with Gasteiger partial charge in [-0.15, -0.1) is 11.3 Å². The molecule has 8 heteroatoms. The summed E-state index contributed by atoms with van der Waals surface area (Å²) in [5.74, 6) is -0.0428. The Bertz CT molecular complexity index is 899. The quantitative estimate of drug-likeness (QED) is 0.661. The number of nitrogens with one attached hydrogen (secondary N) is 3. The fourth-order valence-corrected chi connectivity index (χ4v) is 3.17. The number of benzene rings is 1. The zero-order chi connectivity index (χ0) is 17.3. The third-order valence-corrected chi connectivity index (χ3v) is 4.53. The lowest BCUT2D eigenvalue weighted by atomic mass is 10.2. The molecular formula is C16H15ClN4O2S. The van der Waals surface area contributed by atoms with Crippen LogP contribution in [0.15, 0.2) is 30.3 Å². The van der Waals surface area contributed by atoms with Crippen LogP contribution in [0.1, 0.15) is 33.9 Å². The summed E-state index contributed by atoms with van der Waals surface area (Å²) in [6.45, 7) is 3.80. The van der Waals surface area contributed by atoms with Crippen LogP contribution in [-0.4, -0.2) is 28.1 Å². The summed E-state index contributed by atoms with van der Waals surface area (Å²) in [7, 11) is 0. The highest BCUT2D eigenvalue weighted by Gasteiger charge is 2.17. The van der Waals surface area contributed by atoms with E-state index >= 15 is 0 Å². The number of halogens is 1. The fraction of sp³-hybridized carbons (Fsp3) is 0.188. The van der Waals surface area contributed by atoms with Gasteiger partial charge >= 0.3 is 0 Å². The minimum Gasteiger partial charge on any atom is -0.349 e. The topological polar surface area (TPSA) is 86.9 Å². The van der Waals surface area contributed by atoms with Crippen molar-refractivity contribution >= 4 is 50.8 Å². The number of nitrogens with zero attached hydrogens (tertiary/aromatic N) is 1. The summed E-state index contributed by atoms with van der Waals surface area (Å²) in [4.78, 5) is 25.6. The molecule has 0 atom stereocenters. The molecule has 0 aliphatic heterocycles. The van der Waals surface area contributed by atoms with E-state index in [2.05, 4.69) is 20.8 Å². The molecule has 0 unspecified atom stereocenters. The lowest BCUT2D eigenvalue weighted by molar-refractivity contribution is 0.0946. The molecule has 0 spiro atoms. The number of thiophene rings is 1. The first kappa shape index (κ1) is 16.5. The average Bonchev–Trinajstić information content (AvgIpc) is 3.09. The first-order valence-corrected chi connectivity index (χ1v) is 8.49. The van der Waals surface area contributed by atoms with Gasteiger partial charge in [-0.2, -0.15) is 5.10 Å². The molecule has 0 bridgehead atoms. The number of rotatable bonds is 4. The van der Waals surface area contributed by atoms with E-state index in [1.165, 1.54) is 11.3 Å². The summed E-state index contributed by atoms with van der Waals surface area (Å²) in [5.41, 5.74) is 0.476. The number of aromatic amines is 1. The Morgan fingerprint density at radius 3 is 2.58 bits per heavy atom. The van der Waals surface area contributed by atoms with E-state index in [0.29, 0.717) is 26.7 Å². The molecule has 2 aromatic heterocycles. The third kappa shape index (κ3) is 3.42. The third-order valence-electron chi connectivity index (χ3n) is 3.24. The van der Waals surface area contributed by atoms with E-state index in [1.807, 2.05) is 13.8 Å². The number of fused-ring (bicyclic) bond motifs is 1. The van der Waals surface area contributed by atoms with Crippen LogP contribution < -0.4 is 10.6 Å². The van der Waals surface area contributed by atoms with E-state index in [9.17, 15) is 9.59 Å². The summed E-state index contributed by atoms with van der Waals surface area (Å²) in [5, 5.41) is 13.8. The lowest BCUT2D eigenvalue weighted by Gasteiger charge is -2.05. The highest BCUT2D eigenvalue weighted by Crippen LogP contribution is 2.29. The first-order chi connectivity index (χ1) is 11.4. The van der Waals surface area contributed by atoms with E-state index in [4.69, 9.17) is 11.6 Å². The van der Waals surface area contributed by atoms with Crippen LogP contribution in [0.5, 0.6) is 0 Å². The maximum atomic E-state index is 12.3. The first-order valence-electron chi connectivity index (χ1n) is 7.29. The van der Waals surface area contributed by atoms with Gasteiger partial charge in [-0.3, -0.25) is 14.7 Å². The molecule has 2 heterocycles. The van der Waals surface area contributed by atoms with Gasteiger partial charge in [0, 0.05) is 16.6 Å². The number of carbonyl (C=O) groups is 2. The molecule has 2 amide bonds. The summed E-state index contributed by atoms with van der Waals surface area (Å²) < 4.78 is 0. The van der Waals surface area contributed by atoms with Gasteiger partial charge in [-0.1, -0.05) is 11.6 Å². The number of amides is 2. The molecule has 0 fully saturated rings. The van der Waals surface area contributed by atoms with Gasteiger partial charge in [0.25, 0.3) is 11.8 Å². The molecule has 3 N–H and O–H groups in total. The Kier molecular flexibility index (Phi) is 4.55. The monoisotopic (exact) mass is 362 g/mol. The van der Waals surface area contributed by atoms with Crippen LogP contribution in [-0.2, 0) is 0 Å². The van der Waals surface area contributed by atoms with Gasteiger partial charge in [-0.05, 0) is 44.2 Å². The van der Waals surface area contributed by atoms with Crippen LogP contribution >= 0.6 is 22.9 Å². The fourth-order valence-electron chi connectivity index (χ4n) is 2.14. The van der Waals surface area contributed by atoms with Crippen molar-refractivity contribution < 1.29 is 9.59 Å². The van der Waals surface area contributed by atoms with Crippen molar-refractivity contribution in [3.8, 4) is 0 Å². The minimum absolute atomic E-state index is 0.0557. The van der Waals surface area contributed by atoms with Crippen LogP contribution in [0.2, 0.25) is 5.02 Å². The molecule has 0 saturated heterocycles. The average molecular weight is 363 g/mol. The molecule has 124 valence electrons. The molecule has 3 rings (SSSR count). The molecule has 0 saturated carbocycles. The zero-order valence-corrected chi connectivity index (χ0v) is 14.6. The highest BCUT2D eigenvalue weighted by atomic mass is 35.5. The van der Waals surface area contributed by atoms with E-state index in [1.54, 1.807) is 30.3 Å². The van der Waals surface area contributed by atoms with Gasteiger partial charge in [0.1, 0.15) is 4.83 Å². The van der Waals surface area contributed by atoms with Crippen molar-refractivity contribution in [2.75, 3.05) is 5.32 Å². The number of H-pyrrole nitrogens is 1. The molecule has 1 aromatic carbocycles. The van der Waals surface area contributed by atoms with Crippen LogP contribution in [0, 0.1) is 0 Å². The number of anilines is 1. The zero-order valence-electron chi connectivity index (χ0n) is 13.0. The predicted octanol–water partition coefficient (Wildman–Crippen LogP) is 3.67. The largest absolute Gasteiger partial charge is 0.349 e. The second-order valence-electron chi connectivity index (χ2n) is 5.51. The smallest absolute Gasteiger partial charge is 0.261 e. The van der Waals surface area contributed by atoms with Crippen molar-refractivity contribution in [2.24, 2.45) is 0 Å². The maximum absolute atomic E-state index is 12.3. The molecular weight excluding hydrogens is 348 g/mol. The summed E-state index contributed by atoms with van der Waals surface area (Å²) in [6.07, 6.45) is 0. The Morgan fingerprint density at radius 1 is 1.21 bits per heavy atom. The number of carbonyl (C=O) groups excluding carboxylic acids is 2. The van der Waals surface area contributed by atoms with Crippen LogP contribution in [0.3, 0.4) is 0 Å². The van der Waals surface area contributed by atoms with Crippen LogP contribution in [0.4, 0.5) is 5.82 Å². The Labute approximate surface area is 147 Å². The van der Waals surface area contributed by atoms with Crippen molar-refractivity contribution in [1.29, 1.82) is 0 Å².